The summed E-state index contributed by atoms with van der Waals surface area (Å²) >= 11 is 0. The number of nitrogens with one attached hydrogen (secondary N) is 1. The van der Waals surface area contributed by atoms with Gasteiger partial charge in [-0.05, 0) is 17.7 Å². The predicted octanol–water partition coefficient (Wildman–Crippen LogP) is 3.32. The first-order valence-corrected chi connectivity index (χ1v) is 7.55. The van der Waals surface area contributed by atoms with Gasteiger partial charge in [0.1, 0.15) is 18.6 Å². The van der Waals surface area contributed by atoms with E-state index in [0.29, 0.717) is 18.1 Å². The smallest absolute Gasteiger partial charge is 0.221 e. The van der Waals surface area contributed by atoms with Crippen LogP contribution in [0.4, 0.5) is 0 Å². The number of benzene rings is 2. The van der Waals surface area contributed by atoms with Gasteiger partial charge in [0.2, 0.25) is 5.91 Å². The Balaban J connectivity index is 2.20. The maximum atomic E-state index is 11.5. The second-order valence-electron chi connectivity index (χ2n) is 5.06. The van der Waals surface area contributed by atoms with E-state index in [1.807, 2.05) is 54.6 Å². The van der Waals surface area contributed by atoms with E-state index >= 15 is 0 Å². The number of carbonyl (C=O) groups excluding carboxylic acids is 1. The molecule has 0 unspecified atom stereocenters. The quantitative estimate of drug-likeness (QED) is 0.459. The highest BCUT2D eigenvalue weighted by Crippen LogP contribution is 2.25. The normalized spacial score (nSPS) is 11.0. The Kier molecular flexibility index (Phi) is 6.86. The van der Waals surface area contributed by atoms with E-state index in [2.05, 4.69) is 5.32 Å². The lowest BCUT2D eigenvalue weighted by Crippen LogP contribution is -2.19. The predicted molar refractivity (Wildman–Crippen MR) is 92.0 cm³/mol. The second kappa shape index (κ2) is 9.37. The minimum Gasteiger partial charge on any atom is -0.488 e. The van der Waals surface area contributed by atoms with Crippen molar-refractivity contribution < 1.29 is 19.0 Å². The molecule has 2 aromatic carbocycles. The van der Waals surface area contributed by atoms with Crippen LogP contribution in [0.5, 0.6) is 5.75 Å². The van der Waals surface area contributed by atoms with Gasteiger partial charge in [-0.25, -0.2) is 0 Å². The summed E-state index contributed by atoms with van der Waals surface area (Å²) in [6.45, 7) is 1.97. The molecule has 2 rings (SSSR count). The molecule has 0 spiro atoms. The van der Waals surface area contributed by atoms with Crippen molar-refractivity contribution in [2.24, 2.45) is 0 Å². The van der Waals surface area contributed by atoms with Crippen LogP contribution in [0.2, 0.25) is 0 Å². The lowest BCUT2D eigenvalue weighted by Gasteiger charge is -2.14. The third kappa shape index (κ3) is 5.44. The molecule has 0 heterocycles. The molecule has 0 atom stereocenters. The SMILES string of the molecule is COCO/C=C(\NC(C)=O)c1ccccc1OCc1ccccc1. The third-order valence-electron chi connectivity index (χ3n) is 3.11. The summed E-state index contributed by atoms with van der Waals surface area (Å²) in [7, 11) is 1.53. The van der Waals surface area contributed by atoms with Crippen molar-refractivity contribution in [1.82, 2.24) is 5.32 Å². The van der Waals surface area contributed by atoms with Crippen molar-refractivity contribution >= 4 is 11.6 Å². The Morgan fingerprint density at radius 1 is 1.08 bits per heavy atom. The number of methoxy groups -OCH3 is 1. The molecule has 0 bridgehead atoms. The van der Waals surface area contributed by atoms with E-state index in [1.54, 1.807) is 0 Å². The van der Waals surface area contributed by atoms with Crippen LogP contribution in [0.15, 0.2) is 60.9 Å². The van der Waals surface area contributed by atoms with Gasteiger partial charge < -0.3 is 19.5 Å². The highest BCUT2D eigenvalue weighted by molar-refractivity contribution is 5.85. The summed E-state index contributed by atoms with van der Waals surface area (Å²) in [5, 5.41) is 2.76. The molecule has 5 nitrogen and oxygen atoms in total. The Labute approximate surface area is 141 Å². The lowest BCUT2D eigenvalue weighted by atomic mass is 10.1. The fourth-order valence-electron chi connectivity index (χ4n) is 2.09. The van der Waals surface area contributed by atoms with E-state index < -0.39 is 0 Å². The first-order valence-electron chi connectivity index (χ1n) is 7.55. The van der Waals surface area contributed by atoms with E-state index in [0.717, 1.165) is 11.1 Å². The van der Waals surface area contributed by atoms with Crippen molar-refractivity contribution in [3.63, 3.8) is 0 Å². The average molecular weight is 327 g/mol. The fourth-order valence-corrected chi connectivity index (χ4v) is 2.09. The molecule has 126 valence electrons. The zero-order chi connectivity index (χ0) is 17.2. The van der Waals surface area contributed by atoms with Gasteiger partial charge in [0, 0.05) is 19.6 Å². The second-order valence-corrected chi connectivity index (χ2v) is 5.06. The molecule has 0 saturated heterocycles. The van der Waals surface area contributed by atoms with Gasteiger partial charge in [-0.2, -0.15) is 0 Å². The van der Waals surface area contributed by atoms with Gasteiger partial charge in [-0.1, -0.05) is 42.5 Å². The summed E-state index contributed by atoms with van der Waals surface area (Å²) < 4.78 is 16.0. The van der Waals surface area contributed by atoms with Gasteiger partial charge in [0.25, 0.3) is 0 Å². The number of amides is 1. The lowest BCUT2D eigenvalue weighted by molar-refractivity contribution is -0.117. The summed E-state index contributed by atoms with van der Waals surface area (Å²) in [5.74, 6) is 0.461. The summed E-state index contributed by atoms with van der Waals surface area (Å²) in [6.07, 6.45) is 1.45. The topological polar surface area (TPSA) is 56.8 Å². The highest BCUT2D eigenvalue weighted by atomic mass is 16.7. The van der Waals surface area contributed by atoms with Crippen LogP contribution < -0.4 is 10.1 Å². The maximum Gasteiger partial charge on any atom is 0.221 e. The average Bonchev–Trinajstić information content (AvgIpc) is 2.60. The first-order chi connectivity index (χ1) is 11.7. The summed E-state index contributed by atoms with van der Waals surface area (Å²) in [4.78, 5) is 11.5. The van der Waals surface area contributed by atoms with Crippen molar-refractivity contribution in [1.29, 1.82) is 0 Å². The molecule has 0 aliphatic rings. The van der Waals surface area contributed by atoms with Crippen LogP contribution in [0.25, 0.3) is 5.70 Å². The molecule has 0 aromatic heterocycles. The van der Waals surface area contributed by atoms with Gasteiger partial charge in [0.05, 0.1) is 5.70 Å². The Morgan fingerprint density at radius 3 is 2.50 bits per heavy atom. The van der Waals surface area contributed by atoms with Crippen LogP contribution in [0.1, 0.15) is 18.1 Å². The molecule has 0 radical (unpaired) electrons. The Bertz CT molecular complexity index is 683. The van der Waals surface area contributed by atoms with E-state index in [4.69, 9.17) is 14.2 Å². The maximum absolute atomic E-state index is 11.5. The van der Waals surface area contributed by atoms with E-state index in [-0.39, 0.29) is 12.7 Å². The molecule has 5 heteroatoms. The fraction of sp³-hybridized carbons (Fsp3) is 0.211. The highest BCUT2D eigenvalue weighted by Gasteiger charge is 2.11. The first kappa shape index (κ1) is 17.6. The van der Waals surface area contributed by atoms with E-state index in [1.165, 1.54) is 20.3 Å². The number of hydrogen-bond acceptors (Lipinski definition) is 4. The monoisotopic (exact) mass is 327 g/mol. The molecule has 0 aliphatic heterocycles. The molecule has 2 aromatic rings. The van der Waals surface area contributed by atoms with Gasteiger partial charge >= 0.3 is 0 Å². The zero-order valence-electron chi connectivity index (χ0n) is 13.8. The number of rotatable bonds is 8. The Morgan fingerprint density at radius 2 is 1.79 bits per heavy atom. The van der Waals surface area contributed by atoms with Crippen LogP contribution in [-0.2, 0) is 20.9 Å². The molecule has 1 N–H and O–H groups in total. The van der Waals surface area contributed by atoms with Gasteiger partial charge in [-0.15, -0.1) is 0 Å². The van der Waals surface area contributed by atoms with Crippen molar-refractivity contribution in [2.45, 2.75) is 13.5 Å². The standard InChI is InChI=1S/C19H21NO4/c1-15(21)20-18(13-23-14-22-2)17-10-6-7-11-19(17)24-12-16-8-4-3-5-9-16/h3-11,13H,12,14H2,1-2H3,(H,20,21)/b18-13-. The van der Waals surface area contributed by atoms with Crippen molar-refractivity contribution in [3.05, 3.63) is 72.0 Å². The van der Waals surface area contributed by atoms with E-state index in [9.17, 15) is 4.79 Å². The number of ether oxygens (including phenoxy) is 3. The van der Waals surface area contributed by atoms with Crippen LogP contribution >= 0.6 is 0 Å². The molecule has 0 saturated carbocycles. The molecule has 0 fully saturated rings. The number of carbonyl (C=O) groups is 1. The molecule has 1 amide bonds. The largest absolute Gasteiger partial charge is 0.488 e. The minimum absolute atomic E-state index is 0.0934. The summed E-state index contributed by atoms with van der Waals surface area (Å²) in [5.41, 5.74) is 2.32. The molecular formula is C19H21NO4. The van der Waals surface area contributed by atoms with Gasteiger partial charge in [0.15, 0.2) is 6.79 Å². The minimum atomic E-state index is -0.194. The van der Waals surface area contributed by atoms with Crippen molar-refractivity contribution in [3.8, 4) is 5.75 Å². The summed E-state index contributed by atoms with van der Waals surface area (Å²) in [6, 6.07) is 17.3. The Hall–Kier alpha value is -2.79. The van der Waals surface area contributed by atoms with Crippen LogP contribution in [0, 0.1) is 0 Å². The van der Waals surface area contributed by atoms with Crippen LogP contribution in [-0.4, -0.2) is 19.8 Å². The van der Waals surface area contributed by atoms with Crippen LogP contribution in [0.3, 0.4) is 0 Å². The van der Waals surface area contributed by atoms with Crippen molar-refractivity contribution in [2.75, 3.05) is 13.9 Å². The molecule has 0 aliphatic carbocycles. The molecule has 24 heavy (non-hydrogen) atoms. The number of hydrogen-bond donors (Lipinski definition) is 1. The zero-order valence-corrected chi connectivity index (χ0v) is 13.8. The van der Waals surface area contributed by atoms with Gasteiger partial charge in [-0.3, -0.25) is 4.79 Å². The number of para-hydroxylation sites is 1. The molecular weight excluding hydrogens is 306 g/mol. The third-order valence-corrected chi connectivity index (χ3v) is 3.11.